The molecule has 6 nitrogen and oxygen atoms in total. The largest absolute Gasteiger partial charge is 0.505 e. The van der Waals surface area contributed by atoms with Gasteiger partial charge in [0, 0.05) is 12.1 Å². The fraction of sp³-hybridized carbons (Fsp3) is 0.200. The van der Waals surface area contributed by atoms with Crippen molar-refractivity contribution in [2.24, 2.45) is 4.99 Å². The molecule has 3 N–H and O–H groups in total. The van der Waals surface area contributed by atoms with Crippen LogP contribution in [0, 0.1) is 5.82 Å². The monoisotopic (exact) mass is 368 g/mol. The molecule has 2 aromatic carbocycles. The van der Waals surface area contributed by atoms with Crippen molar-refractivity contribution in [1.82, 2.24) is 15.6 Å². The summed E-state index contributed by atoms with van der Waals surface area (Å²) in [7, 11) is 0. The van der Waals surface area contributed by atoms with Crippen molar-refractivity contribution in [2.75, 3.05) is 6.54 Å². The van der Waals surface area contributed by atoms with E-state index in [1.54, 1.807) is 12.3 Å². The van der Waals surface area contributed by atoms with Gasteiger partial charge in [-0.05, 0) is 36.8 Å². The van der Waals surface area contributed by atoms with E-state index in [0.717, 1.165) is 11.3 Å². The molecule has 0 unspecified atom stereocenters. The van der Waals surface area contributed by atoms with Gasteiger partial charge in [-0.2, -0.15) is 0 Å². The van der Waals surface area contributed by atoms with Crippen molar-refractivity contribution in [3.05, 3.63) is 71.9 Å². The first kappa shape index (κ1) is 18.4. The summed E-state index contributed by atoms with van der Waals surface area (Å²) in [6, 6.07) is 13.9. The maximum absolute atomic E-state index is 13.4. The first-order valence-corrected chi connectivity index (χ1v) is 8.65. The average molecular weight is 368 g/mol. The summed E-state index contributed by atoms with van der Waals surface area (Å²) in [6.07, 6.45) is 1.61. The highest BCUT2D eigenvalue weighted by atomic mass is 19.1. The Hall–Kier alpha value is -3.35. The standard InChI is InChI=1S/C20H21FN4O2/c1-2-22-20(23-11-14-8-9-18(26)17(21)10-14)24-12-16-13-27-19(25-16)15-6-4-3-5-7-15/h3-10,13,26H,2,11-12H2,1H3,(H2,22,23,24). The Balaban J connectivity index is 1.62. The molecule has 0 aliphatic carbocycles. The molecular weight excluding hydrogens is 347 g/mol. The summed E-state index contributed by atoms with van der Waals surface area (Å²) in [5.41, 5.74) is 2.32. The van der Waals surface area contributed by atoms with Crippen LogP contribution in [0.15, 0.2) is 64.2 Å². The Bertz CT molecular complexity index is 909. The number of rotatable bonds is 6. The molecule has 0 saturated carbocycles. The first-order valence-electron chi connectivity index (χ1n) is 8.65. The number of nitrogens with zero attached hydrogens (tertiary/aromatic N) is 2. The smallest absolute Gasteiger partial charge is 0.226 e. The van der Waals surface area contributed by atoms with Gasteiger partial charge in [-0.15, -0.1) is 0 Å². The van der Waals surface area contributed by atoms with Gasteiger partial charge in [0.1, 0.15) is 6.26 Å². The van der Waals surface area contributed by atoms with Crippen molar-refractivity contribution < 1.29 is 13.9 Å². The molecule has 0 amide bonds. The van der Waals surface area contributed by atoms with Gasteiger partial charge in [-0.3, -0.25) is 0 Å². The van der Waals surface area contributed by atoms with Crippen LogP contribution in [0.25, 0.3) is 11.5 Å². The molecule has 0 radical (unpaired) electrons. The number of aliphatic imine (C=N–C) groups is 1. The van der Waals surface area contributed by atoms with Gasteiger partial charge in [0.2, 0.25) is 5.89 Å². The Morgan fingerprint density at radius 1 is 1.19 bits per heavy atom. The Morgan fingerprint density at radius 2 is 2.00 bits per heavy atom. The second-order valence-corrected chi connectivity index (χ2v) is 5.84. The van der Waals surface area contributed by atoms with E-state index < -0.39 is 5.82 Å². The molecule has 140 valence electrons. The van der Waals surface area contributed by atoms with Gasteiger partial charge >= 0.3 is 0 Å². The van der Waals surface area contributed by atoms with E-state index in [-0.39, 0.29) is 12.3 Å². The van der Waals surface area contributed by atoms with E-state index in [2.05, 4.69) is 20.6 Å². The topological polar surface area (TPSA) is 82.7 Å². The lowest BCUT2D eigenvalue weighted by molar-refractivity contribution is 0.432. The lowest BCUT2D eigenvalue weighted by Gasteiger charge is -2.10. The molecule has 0 saturated heterocycles. The molecule has 3 rings (SSSR count). The summed E-state index contributed by atoms with van der Waals surface area (Å²) < 4.78 is 18.9. The summed E-state index contributed by atoms with van der Waals surface area (Å²) >= 11 is 0. The van der Waals surface area contributed by atoms with Crippen LogP contribution < -0.4 is 10.6 Å². The van der Waals surface area contributed by atoms with Gasteiger partial charge in [0.25, 0.3) is 0 Å². The Morgan fingerprint density at radius 3 is 2.74 bits per heavy atom. The SMILES string of the molecule is CCNC(=NCc1ccc(O)c(F)c1)NCc1coc(-c2ccccc2)n1. The van der Waals surface area contributed by atoms with Crippen molar-refractivity contribution in [3.8, 4) is 17.2 Å². The lowest BCUT2D eigenvalue weighted by Crippen LogP contribution is -2.36. The third-order valence-corrected chi connectivity index (χ3v) is 3.79. The van der Waals surface area contributed by atoms with Crippen LogP contribution in [0.3, 0.4) is 0 Å². The molecule has 27 heavy (non-hydrogen) atoms. The number of phenolic OH excluding ortho intramolecular Hbond substituents is 1. The maximum atomic E-state index is 13.4. The molecule has 0 bridgehead atoms. The molecule has 1 aromatic heterocycles. The molecular formula is C20H21FN4O2. The van der Waals surface area contributed by atoms with Crippen LogP contribution in [0.1, 0.15) is 18.2 Å². The minimum atomic E-state index is -0.656. The summed E-state index contributed by atoms with van der Waals surface area (Å²) in [5, 5.41) is 15.5. The minimum Gasteiger partial charge on any atom is -0.505 e. The fourth-order valence-corrected chi connectivity index (χ4v) is 2.44. The average Bonchev–Trinajstić information content (AvgIpc) is 3.16. The molecule has 7 heteroatoms. The number of halogens is 1. The van der Waals surface area contributed by atoms with E-state index in [4.69, 9.17) is 4.42 Å². The highest BCUT2D eigenvalue weighted by Gasteiger charge is 2.07. The quantitative estimate of drug-likeness (QED) is 0.459. The molecule has 0 aliphatic rings. The normalized spacial score (nSPS) is 11.4. The van der Waals surface area contributed by atoms with E-state index in [0.29, 0.717) is 30.5 Å². The van der Waals surface area contributed by atoms with Crippen LogP contribution in [-0.2, 0) is 13.1 Å². The third kappa shape index (κ3) is 5.07. The fourth-order valence-electron chi connectivity index (χ4n) is 2.44. The summed E-state index contributed by atoms with van der Waals surface area (Å²) in [6.45, 7) is 3.36. The number of oxazole rings is 1. The van der Waals surface area contributed by atoms with Gasteiger partial charge in [0.15, 0.2) is 17.5 Å². The second kappa shape index (κ2) is 8.84. The highest BCUT2D eigenvalue weighted by Crippen LogP contribution is 2.18. The van der Waals surface area contributed by atoms with Crippen LogP contribution in [0.4, 0.5) is 4.39 Å². The van der Waals surface area contributed by atoms with Gasteiger partial charge in [0.05, 0.1) is 18.8 Å². The van der Waals surface area contributed by atoms with Crippen molar-refractivity contribution in [2.45, 2.75) is 20.0 Å². The number of benzene rings is 2. The van der Waals surface area contributed by atoms with Crippen LogP contribution >= 0.6 is 0 Å². The van der Waals surface area contributed by atoms with Crippen molar-refractivity contribution in [1.29, 1.82) is 0 Å². The highest BCUT2D eigenvalue weighted by molar-refractivity contribution is 5.79. The predicted octanol–water partition coefficient (Wildman–Crippen LogP) is 3.44. The molecule has 3 aromatic rings. The van der Waals surface area contributed by atoms with E-state index in [9.17, 15) is 9.50 Å². The first-order chi connectivity index (χ1) is 13.2. The zero-order valence-corrected chi connectivity index (χ0v) is 14.9. The van der Waals surface area contributed by atoms with E-state index >= 15 is 0 Å². The zero-order chi connectivity index (χ0) is 19.1. The minimum absolute atomic E-state index is 0.278. The molecule has 0 spiro atoms. The molecule has 0 aliphatic heterocycles. The number of aromatic nitrogens is 1. The van der Waals surface area contributed by atoms with Gasteiger partial charge in [-0.1, -0.05) is 24.3 Å². The number of phenols is 1. The molecule has 0 atom stereocenters. The van der Waals surface area contributed by atoms with Gasteiger partial charge < -0.3 is 20.2 Å². The van der Waals surface area contributed by atoms with Gasteiger partial charge in [-0.25, -0.2) is 14.4 Å². The summed E-state index contributed by atoms with van der Waals surface area (Å²) in [4.78, 5) is 8.89. The second-order valence-electron chi connectivity index (χ2n) is 5.84. The van der Waals surface area contributed by atoms with Crippen molar-refractivity contribution >= 4 is 5.96 Å². The van der Waals surface area contributed by atoms with Crippen LogP contribution in [-0.4, -0.2) is 22.6 Å². The number of guanidine groups is 1. The maximum Gasteiger partial charge on any atom is 0.226 e. The molecule has 1 heterocycles. The van der Waals surface area contributed by atoms with Crippen molar-refractivity contribution in [3.63, 3.8) is 0 Å². The number of hydrogen-bond acceptors (Lipinski definition) is 4. The number of hydrogen-bond donors (Lipinski definition) is 3. The lowest BCUT2D eigenvalue weighted by atomic mass is 10.2. The number of nitrogens with one attached hydrogen (secondary N) is 2. The molecule has 0 fully saturated rings. The Kier molecular flexibility index (Phi) is 6.04. The predicted molar refractivity (Wildman–Crippen MR) is 102 cm³/mol. The third-order valence-electron chi connectivity index (χ3n) is 3.79. The zero-order valence-electron chi connectivity index (χ0n) is 14.9. The van der Waals surface area contributed by atoms with Crippen LogP contribution in [0.2, 0.25) is 0 Å². The van der Waals surface area contributed by atoms with E-state index in [1.807, 2.05) is 37.3 Å². The Labute approximate surface area is 156 Å². The summed E-state index contributed by atoms with van der Waals surface area (Å²) in [5.74, 6) is 0.119. The number of aromatic hydroxyl groups is 1. The van der Waals surface area contributed by atoms with E-state index in [1.165, 1.54) is 12.1 Å². The van der Waals surface area contributed by atoms with Crippen LogP contribution in [0.5, 0.6) is 5.75 Å².